The number of hydrogen-bond donors (Lipinski definition) is 1. The number of hydrogen-bond acceptors (Lipinski definition) is 6. The number of nitrogens with zero attached hydrogens (tertiary/aromatic N) is 2. The molecule has 1 amide bonds. The van der Waals surface area contributed by atoms with E-state index >= 15 is 0 Å². The second-order valence-corrected chi connectivity index (χ2v) is 7.09. The summed E-state index contributed by atoms with van der Waals surface area (Å²) in [5.41, 5.74) is 2.27. The number of para-hydroxylation sites is 2. The van der Waals surface area contributed by atoms with Gasteiger partial charge in [-0.15, -0.1) is 0 Å². The van der Waals surface area contributed by atoms with E-state index in [0.29, 0.717) is 26.8 Å². The van der Waals surface area contributed by atoms with Crippen LogP contribution in [0.3, 0.4) is 0 Å². The molecule has 0 aliphatic rings. The highest BCUT2D eigenvalue weighted by Gasteiger charge is 2.19. The van der Waals surface area contributed by atoms with Crippen LogP contribution >= 0.6 is 11.3 Å². The number of ketones is 1. The van der Waals surface area contributed by atoms with Crippen LogP contribution in [0.25, 0.3) is 22.4 Å². The number of Topliss-reactive ketones (excluding diaryl/α,β-unsaturated/α-hetero) is 1. The second kappa shape index (κ2) is 7.24. The van der Waals surface area contributed by atoms with Gasteiger partial charge in [0.25, 0.3) is 0 Å². The zero-order valence-electron chi connectivity index (χ0n) is 14.8. The van der Waals surface area contributed by atoms with E-state index in [1.54, 1.807) is 24.3 Å². The standard InChI is InChI=1S/C20H15N3O4S/c1-12(24)18-17(13-7-3-2-4-8-13)22-19(28-18)21-16(25)11-23-14-9-5-6-10-15(14)27-20(23)26/h2-10H,11H2,1H3,(H,21,22,25). The largest absolute Gasteiger partial charge is 0.420 e. The average Bonchev–Trinajstić information content (AvgIpc) is 3.24. The van der Waals surface area contributed by atoms with Crippen LogP contribution in [-0.2, 0) is 11.3 Å². The number of benzene rings is 2. The van der Waals surface area contributed by atoms with Crippen LogP contribution in [0.2, 0.25) is 0 Å². The summed E-state index contributed by atoms with van der Waals surface area (Å²) in [7, 11) is 0. The number of anilines is 1. The number of aromatic nitrogens is 2. The molecular weight excluding hydrogens is 378 g/mol. The maximum Gasteiger partial charge on any atom is 0.420 e. The van der Waals surface area contributed by atoms with Gasteiger partial charge in [0.1, 0.15) is 6.54 Å². The van der Waals surface area contributed by atoms with E-state index in [0.717, 1.165) is 16.9 Å². The fourth-order valence-electron chi connectivity index (χ4n) is 2.87. The minimum absolute atomic E-state index is 0.131. The Balaban J connectivity index is 1.60. The molecule has 2 aromatic carbocycles. The molecule has 4 aromatic rings. The van der Waals surface area contributed by atoms with Gasteiger partial charge in [-0.1, -0.05) is 53.8 Å². The first-order valence-corrected chi connectivity index (χ1v) is 9.30. The lowest BCUT2D eigenvalue weighted by atomic mass is 10.1. The molecule has 0 aliphatic heterocycles. The van der Waals surface area contributed by atoms with Gasteiger partial charge in [0.2, 0.25) is 5.91 Å². The lowest BCUT2D eigenvalue weighted by Gasteiger charge is -2.02. The van der Waals surface area contributed by atoms with Gasteiger partial charge in [0.15, 0.2) is 16.5 Å². The minimum Gasteiger partial charge on any atom is -0.408 e. The van der Waals surface area contributed by atoms with Crippen molar-refractivity contribution in [3.8, 4) is 11.3 Å². The maximum absolute atomic E-state index is 12.5. The number of carbonyl (C=O) groups excluding carboxylic acids is 2. The van der Waals surface area contributed by atoms with Crippen LogP contribution in [0.15, 0.2) is 63.8 Å². The van der Waals surface area contributed by atoms with Crippen molar-refractivity contribution in [2.75, 3.05) is 5.32 Å². The van der Waals surface area contributed by atoms with Gasteiger partial charge in [-0.2, -0.15) is 0 Å². The first-order chi connectivity index (χ1) is 13.5. The molecule has 0 unspecified atom stereocenters. The number of nitrogens with one attached hydrogen (secondary N) is 1. The number of rotatable bonds is 5. The van der Waals surface area contributed by atoms with Crippen molar-refractivity contribution in [2.45, 2.75) is 13.5 Å². The molecule has 4 rings (SSSR count). The summed E-state index contributed by atoms with van der Waals surface area (Å²) in [4.78, 5) is 41.4. The Kier molecular flexibility index (Phi) is 4.62. The van der Waals surface area contributed by atoms with Crippen LogP contribution in [0.5, 0.6) is 0 Å². The van der Waals surface area contributed by atoms with E-state index in [4.69, 9.17) is 4.42 Å². The van der Waals surface area contributed by atoms with Crippen LogP contribution in [0.4, 0.5) is 5.13 Å². The van der Waals surface area contributed by atoms with Crippen molar-refractivity contribution < 1.29 is 14.0 Å². The Morgan fingerprint density at radius 3 is 2.57 bits per heavy atom. The van der Waals surface area contributed by atoms with Crippen molar-refractivity contribution in [3.05, 3.63) is 70.0 Å². The van der Waals surface area contributed by atoms with Gasteiger partial charge >= 0.3 is 5.76 Å². The summed E-state index contributed by atoms with van der Waals surface area (Å²) in [6.07, 6.45) is 0. The summed E-state index contributed by atoms with van der Waals surface area (Å²) < 4.78 is 6.38. The molecule has 140 valence electrons. The van der Waals surface area contributed by atoms with Gasteiger partial charge in [0.05, 0.1) is 16.1 Å². The summed E-state index contributed by atoms with van der Waals surface area (Å²) in [5, 5.41) is 2.97. The third-order valence-electron chi connectivity index (χ3n) is 4.12. The third-order valence-corrected chi connectivity index (χ3v) is 5.19. The first kappa shape index (κ1) is 17.9. The number of thiazole rings is 1. The lowest BCUT2D eigenvalue weighted by molar-refractivity contribution is -0.116. The topological polar surface area (TPSA) is 94.2 Å². The smallest absolute Gasteiger partial charge is 0.408 e. The minimum atomic E-state index is -0.607. The van der Waals surface area contributed by atoms with Crippen molar-refractivity contribution in [1.82, 2.24) is 9.55 Å². The highest BCUT2D eigenvalue weighted by molar-refractivity contribution is 7.18. The maximum atomic E-state index is 12.5. The molecule has 8 heteroatoms. The molecule has 0 radical (unpaired) electrons. The van der Waals surface area contributed by atoms with E-state index in [1.165, 1.54) is 11.5 Å². The second-order valence-electron chi connectivity index (χ2n) is 6.09. The Morgan fingerprint density at radius 2 is 1.82 bits per heavy atom. The molecule has 7 nitrogen and oxygen atoms in total. The van der Waals surface area contributed by atoms with Gasteiger partial charge in [-0.25, -0.2) is 9.78 Å². The Hall–Kier alpha value is -3.52. The Bertz CT molecular complexity index is 1240. The molecule has 0 aliphatic carbocycles. The fraction of sp³-hybridized carbons (Fsp3) is 0.100. The van der Waals surface area contributed by atoms with E-state index in [9.17, 15) is 14.4 Å². The van der Waals surface area contributed by atoms with E-state index in [-0.39, 0.29) is 12.3 Å². The van der Waals surface area contributed by atoms with Gasteiger partial charge in [-0.05, 0) is 12.1 Å². The van der Waals surface area contributed by atoms with Crippen LogP contribution in [0.1, 0.15) is 16.6 Å². The summed E-state index contributed by atoms with van der Waals surface area (Å²) in [5.74, 6) is -1.17. The highest BCUT2D eigenvalue weighted by atomic mass is 32.1. The molecular formula is C20H15N3O4S. The van der Waals surface area contributed by atoms with Crippen LogP contribution in [-0.4, -0.2) is 21.2 Å². The molecule has 28 heavy (non-hydrogen) atoms. The van der Waals surface area contributed by atoms with Crippen LogP contribution < -0.4 is 11.1 Å². The highest BCUT2D eigenvalue weighted by Crippen LogP contribution is 2.31. The van der Waals surface area contributed by atoms with Crippen molar-refractivity contribution in [1.29, 1.82) is 0 Å². The SMILES string of the molecule is CC(=O)c1sc(NC(=O)Cn2c(=O)oc3ccccc32)nc1-c1ccccc1. The molecule has 1 N–H and O–H groups in total. The number of amides is 1. The predicted molar refractivity (Wildman–Crippen MR) is 107 cm³/mol. The third kappa shape index (κ3) is 3.37. The molecule has 2 aromatic heterocycles. The summed E-state index contributed by atoms with van der Waals surface area (Å²) in [6, 6.07) is 16.2. The Morgan fingerprint density at radius 1 is 1.11 bits per heavy atom. The Labute approximate surface area is 163 Å². The number of carbonyl (C=O) groups is 2. The van der Waals surface area contributed by atoms with Crippen molar-refractivity contribution >= 4 is 39.3 Å². The monoisotopic (exact) mass is 393 g/mol. The average molecular weight is 393 g/mol. The van der Waals surface area contributed by atoms with Gasteiger partial charge in [-0.3, -0.25) is 14.2 Å². The zero-order valence-corrected chi connectivity index (χ0v) is 15.7. The molecule has 0 fully saturated rings. The van der Waals surface area contributed by atoms with Crippen LogP contribution in [0, 0.1) is 0 Å². The molecule has 2 heterocycles. The predicted octanol–water partition coefficient (Wildman–Crippen LogP) is 3.56. The molecule has 0 spiro atoms. The molecule has 0 saturated carbocycles. The number of oxazole rings is 1. The van der Waals surface area contributed by atoms with E-state index < -0.39 is 11.7 Å². The summed E-state index contributed by atoms with van der Waals surface area (Å²) >= 11 is 1.11. The molecule has 0 saturated heterocycles. The molecule has 0 atom stereocenters. The summed E-state index contributed by atoms with van der Waals surface area (Å²) in [6.45, 7) is 1.24. The zero-order chi connectivity index (χ0) is 19.7. The lowest BCUT2D eigenvalue weighted by Crippen LogP contribution is -2.24. The molecule has 0 bridgehead atoms. The normalized spacial score (nSPS) is 10.9. The van der Waals surface area contributed by atoms with Crippen molar-refractivity contribution in [2.24, 2.45) is 0 Å². The van der Waals surface area contributed by atoms with Gasteiger partial charge in [0, 0.05) is 12.5 Å². The quantitative estimate of drug-likeness (QED) is 0.523. The van der Waals surface area contributed by atoms with Crippen molar-refractivity contribution in [3.63, 3.8) is 0 Å². The first-order valence-electron chi connectivity index (χ1n) is 8.48. The van der Waals surface area contributed by atoms with E-state index in [2.05, 4.69) is 10.3 Å². The fourth-order valence-corrected chi connectivity index (χ4v) is 3.77. The van der Waals surface area contributed by atoms with E-state index in [1.807, 2.05) is 30.3 Å². The number of fused-ring (bicyclic) bond motifs is 1. The van der Waals surface area contributed by atoms with Gasteiger partial charge < -0.3 is 9.73 Å².